The van der Waals surface area contributed by atoms with Gasteiger partial charge in [-0.15, -0.1) is 0 Å². The fraction of sp³-hybridized carbons (Fsp3) is 0.105. The van der Waals surface area contributed by atoms with Crippen molar-refractivity contribution >= 4 is 44.1 Å². The molecule has 0 radical (unpaired) electrons. The lowest BCUT2D eigenvalue weighted by molar-refractivity contribution is 0.0818. The highest BCUT2D eigenvalue weighted by atomic mass is 79.9. The first-order chi connectivity index (χ1) is 11.0. The van der Waals surface area contributed by atoms with Crippen LogP contribution in [0.5, 0.6) is 5.75 Å². The van der Waals surface area contributed by atoms with Crippen LogP contribution in [0.3, 0.4) is 0 Å². The maximum absolute atomic E-state index is 12.4. The van der Waals surface area contributed by atoms with E-state index in [1.807, 2.05) is 36.4 Å². The van der Waals surface area contributed by atoms with Gasteiger partial charge in [-0.3, -0.25) is 4.79 Å². The fourth-order valence-corrected chi connectivity index (χ4v) is 2.88. The van der Waals surface area contributed by atoms with Gasteiger partial charge in [0, 0.05) is 15.1 Å². The topological polar surface area (TPSA) is 26.3 Å². The molecular weight excluding hydrogens is 376 g/mol. The summed E-state index contributed by atoms with van der Waals surface area (Å²) in [6.45, 7) is 1.75. The Morgan fingerprint density at radius 2 is 1.65 bits per heavy atom. The van der Waals surface area contributed by atoms with Crippen molar-refractivity contribution < 1.29 is 9.53 Å². The van der Waals surface area contributed by atoms with Crippen LogP contribution < -0.4 is 4.74 Å². The molecule has 0 aliphatic rings. The normalized spacial score (nSPS) is 12.1. The molecule has 3 aromatic carbocycles. The molecule has 0 aromatic heterocycles. The van der Waals surface area contributed by atoms with E-state index in [4.69, 9.17) is 16.3 Å². The second-order valence-electron chi connectivity index (χ2n) is 5.28. The number of carbonyl (C=O) groups is 1. The van der Waals surface area contributed by atoms with Gasteiger partial charge in [-0.1, -0.05) is 39.7 Å². The molecule has 1 atom stereocenters. The van der Waals surface area contributed by atoms with Crippen LogP contribution in [-0.4, -0.2) is 11.9 Å². The quantitative estimate of drug-likeness (QED) is 0.519. The Balaban J connectivity index is 1.79. The van der Waals surface area contributed by atoms with Crippen LogP contribution in [0.1, 0.15) is 17.3 Å². The van der Waals surface area contributed by atoms with Crippen LogP contribution in [0.2, 0.25) is 5.02 Å². The Labute approximate surface area is 148 Å². The zero-order valence-corrected chi connectivity index (χ0v) is 14.8. The summed E-state index contributed by atoms with van der Waals surface area (Å²) in [5, 5.41) is 2.79. The van der Waals surface area contributed by atoms with Gasteiger partial charge < -0.3 is 4.74 Å². The number of benzene rings is 3. The molecule has 3 aromatic rings. The van der Waals surface area contributed by atoms with Crippen LogP contribution >= 0.6 is 27.5 Å². The molecule has 116 valence electrons. The highest BCUT2D eigenvalue weighted by Crippen LogP contribution is 2.25. The van der Waals surface area contributed by atoms with Crippen LogP contribution in [0.15, 0.2) is 65.1 Å². The lowest BCUT2D eigenvalue weighted by atomic mass is 10.1. The average molecular weight is 390 g/mol. The molecule has 0 amide bonds. The molecule has 0 N–H and O–H groups in total. The number of carbonyl (C=O) groups excluding carboxylic acids is 1. The van der Waals surface area contributed by atoms with Gasteiger partial charge in [0.15, 0.2) is 6.10 Å². The fourth-order valence-electron chi connectivity index (χ4n) is 2.37. The van der Waals surface area contributed by atoms with E-state index in [-0.39, 0.29) is 5.78 Å². The maximum Gasteiger partial charge on any atom is 0.202 e. The molecule has 23 heavy (non-hydrogen) atoms. The summed E-state index contributed by atoms with van der Waals surface area (Å²) in [6, 6.07) is 18.7. The van der Waals surface area contributed by atoms with Crippen molar-refractivity contribution in [2.45, 2.75) is 13.0 Å². The first-order valence-electron chi connectivity index (χ1n) is 7.19. The highest BCUT2D eigenvalue weighted by Gasteiger charge is 2.17. The summed E-state index contributed by atoms with van der Waals surface area (Å²) in [5.41, 5.74) is 0.589. The molecule has 0 bridgehead atoms. The van der Waals surface area contributed by atoms with Crippen LogP contribution in [0.25, 0.3) is 10.8 Å². The zero-order valence-electron chi connectivity index (χ0n) is 12.4. The lowest BCUT2D eigenvalue weighted by Gasteiger charge is -2.14. The minimum absolute atomic E-state index is 0.0717. The average Bonchev–Trinajstić information content (AvgIpc) is 2.55. The first kappa shape index (κ1) is 16.0. The van der Waals surface area contributed by atoms with Crippen LogP contribution in [-0.2, 0) is 0 Å². The molecule has 0 heterocycles. The van der Waals surface area contributed by atoms with Crippen molar-refractivity contribution in [2.75, 3.05) is 0 Å². The largest absolute Gasteiger partial charge is 0.483 e. The van der Waals surface area contributed by atoms with E-state index in [0.717, 1.165) is 15.2 Å². The molecule has 0 aliphatic heterocycles. The van der Waals surface area contributed by atoms with E-state index in [9.17, 15) is 4.79 Å². The number of hydrogen-bond donors (Lipinski definition) is 0. The number of ketones is 1. The summed E-state index contributed by atoms with van der Waals surface area (Å²) < 4.78 is 6.84. The van der Waals surface area contributed by atoms with Crippen molar-refractivity contribution in [3.63, 3.8) is 0 Å². The molecule has 0 spiro atoms. The Morgan fingerprint density at radius 3 is 2.39 bits per heavy atom. The highest BCUT2D eigenvalue weighted by molar-refractivity contribution is 9.10. The monoisotopic (exact) mass is 388 g/mol. The standard InChI is InChI=1S/C19H14BrClO2/c1-12(19(22)13-3-7-17(21)8-4-13)23-18-9-5-14-10-16(20)6-2-15(14)11-18/h2-12H,1H3/t12-/m1/s1. The van der Waals surface area contributed by atoms with Crippen LogP contribution in [0, 0.1) is 0 Å². The van der Waals surface area contributed by atoms with Gasteiger partial charge in [0.1, 0.15) is 5.75 Å². The molecule has 3 rings (SSSR count). The second kappa shape index (κ2) is 6.73. The molecule has 0 saturated carbocycles. The number of halogens is 2. The number of hydrogen-bond acceptors (Lipinski definition) is 2. The first-order valence-corrected chi connectivity index (χ1v) is 8.36. The van der Waals surface area contributed by atoms with E-state index >= 15 is 0 Å². The van der Waals surface area contributed by atoms with Gasteiger partial charge in [-0.2, -0.15) is 0 Å². The van der Waals surface area contributed by atoms with Crippen molar-refractivity contribution in [3.8, 4) is 5.75 Å². The number of ether oxygens (including phenoxy) is 1. The lowest BCUT2D eigenvalue weighted by Crippen LogP contribution is -2.23. The predicted molar refractivity (Wildman–Crippen MR) is 97.5 cm³/mol. The van der Waals surface area contributed by atoms with Gasteiger partial charge in [0.2, 0.25) is 5.78 Å². The van der Waals surface area contributed by atoms with E-state index in [1.54, 1.807) is 31.2 Å². The van der Waals surface area contributed by atoms with Crippen molar-refractivity contribution in [1.82, 2.24) is 0 Å². The van der Waals surface area contributed by atoms with E-state index in [0.29, 0.717) is 16.3 Å². The van der Waals surface area contributed by atoms with E-state index in [1.165, 1.54) is 0 Å². The second-order valence-corrected chi connectivity index (χ2v) is 6.64. The Morgan fingerprint density at radius 1 is 1.00 bits per heavy atom. The van der Waals surface area contributed by atoms with Crippen molar-refractivity contribution in [2.24, 2.45) is 0 Å². The van der Waals surface area contributed by atoms with E-state index in [2.05, 4.69) is 15.9 Å². The molecule has 0 saturated heterocycles. The summed E-state index contributed by atoms with van der Waals surface area (Å²) in [6.07, 6.45) is -0.566. The Kier molecular flexibility index (Phi) is 4.69. The molecular formula is C19H14BrClO2. The zero-order chi connectivity index (χ0) is 16.4. The number of fused-ring (bicyclic) bond motifs is 1. The van der Waals surface area contributed by atoms with Crippen LogP contribution in [0.4, 0.5) is 0 Å². The van der Waals surface area contributed by atoms with Crippen molar-refractivity contribution in [3.05, 3.63) is 75.7 Å². The third-order valence-corrected chi connectivity index (χ3v) is 4.33. The minimum Gasteiger partial charge on any atom is -0.483 e. The van der Waals surface area contributed by atoms with Gasteiger partial charge in [-0.05, 0) is 66.2 Å². The summed E-state index contributed by atoms with van der Waals surface area (Å²) in [5.74, 6) is 0.604. The summed E-state index contributed by atoms with van der Waals surface area (Å²) in [4.78, 5) is 12.4. The third kappa shape index (κ3) is 3.74. The molecule has 2 nitrogen and oxygen atoms in total. The smallest absolute Gasteiger partial charge is 0.202 e. The molecule has 0 fully saturated rings. The molecule has 0 aliphatic carbocycles. The van der Waals surface area contributed by atoms with Gasteiger partial charge in [0.25, 0.3) is 0 Å². The Bertz CT molecular complexity index is 859. The number of Topliss-reactive ketones (excluding diaryl/α,β-unsaturated/α-hetero) is 1. The maximum atomic E-state index is 12.4. The van der Waals surface area contributed by atoms with Gasteiger partial charge in [0.05, 0.1) is 0 Å². The van der Waals surface area contributed by atoms with Crippen molar-refractivity contribution in [1.29, 1.82) is 0 Å². The summed E-state index contributed by atoms with van der Waals surface area (Å²) in [7, 11) is 0. The Hall–Kier alpha value is -1.84. The molecule has 0 unspecified atom stereocenters. The SMILES string of the molecule is C[C@@H](Oc1ccc2cc(Br)ccc2c1)C(=O)c1ccc(Cl)cc1. The molecule has 4 heteroatoms. The van der Waals surface area contributed by atoms with E-state index < -0.39 is 6.10 Å². The van der Waals surface area contributed by atoms with Gasteiger partial charge >= 0.3 is 0 Å². The number of rotatable bonds is 4. The third-order valence-electron chi connectivity index (χ3n) is 3.58. The summed E-state index contributed by atoms with van der Waals surface area (Å²) >= 11 is 9.30. The predicted octanol–water partition coefficient (Wildman–Crippen LogP) is 5.91. The minimum atomic E-state index is -0.566. The van der Waals surface area contributed by atoms with Gasteiger partial charge in [-0.25, -0.2) is 0 Å².